The summed E-state index contributed by atoms with van der Waals surface area (Å²) >= 11 is 3.19. The summed E-state index contributed by atoms with van der Waals surface area (Å²) in [5.74, 6) is -1.40. The molecule has 0 aromatic heterocycles. The van der Waals surface area contributed by atoms with Crippen LogP contribution in [0.2, 0.25) is 0 Å². The van der Waals surface area contributed by atoms with Gasteiger partial charge in [-0.1, -0.05) is 22.0 Å². The summed E-state index contributed by atoms with van der Waals surface area (Å²) in [4.78, 5) is 0. The van der Waals surface area contributed by atoms with Crippen molar-refractivity contribution >= 4 is 15.9 Å². The van der Waals surface area contributed by atoms with Crippen molar-refractivity contribution in [1.29, 1.82) is 0 Å². The molecule has 0 heterocycles. The van der Waals surface area contributed by atoms with Gasteiger partial charge < -0.3 is 9.84 Å². The van der Waals surface area contributed by atoms with Crippen LogP contribution in [0.5, 0.6) is 11.5 Å². The Kier molecular flexibility index (Phi) is 4.17. The van der Waals surface area contributed by atoms with Gasteiger partial charge in [0.2, 0.25) is 0 Å². The first-order chi connectivity index (χ1) is 8.97. The van der Waals surface area contributed by atoms with E-state index in [1.807, 2.05) is 0 Å². The molecule has 0 radical (unpaired) electrons. The average Bonchev–Trinajstić information content (AvgIpc) is 2.36. The molecule has 0 unspecified atom stereocenters. The fourth-order valence-electron chi connectivity index (χ4n) is 1.53. The molecule has 0 spiro atoms. The van der Waals surface area contributed by atoms with E-state index in [4.69, 9.17) is 4.74 Å². The molecule has 2 aromatic rings. The highest BCUT2D eigenvalue weighted by molar-refractivity contribution is 9.10. The zero-order valence-corrected chi connectivity index (χ0v) is 11.6. The summed E-state index contributed by atoms with van der Waals surface area (Å²) < 4.78 is 33.1. The highest BCUT2D eigenvalue weighted by Gasteiger charge is 2.11. The average molecular weight is 329 g/mol. The van der Waals surface area contributed by atoms with Crippen molar-refractivity contribution in [3.8, 4) is 11.5 Å². The molecule has 0 bridgehead atoms. The third-order valence-corrected chi connectivity index (χ3v) is 3.04. The minimum Gasteiger partial charge on any atom is -0.451 e. The summed E-state index contributed by atoms with van der Waals surface area (Å²) in [5, 5.41) is 9.34. The predicted molar refractivity (Wildman–Crippen MR) is 71.2 cm³/mol. The fourth-order valence-corrected chi connectivity index (χ4v) is 1.87. The van der Waals surface area contributed by atoms with E-state index in [1.165, 1.54) is 37.3 Å². The van der Waals surface area contributed by atoms with E-state index in [1.54, 1.807) is 0 Å². The minimum atomic E-state index is -0.772. The van der Waals surface area contributed by atoms with Crippen LogP contribution < -0.4 is 4.74 Å². The molecule has 0 aliphatic heterocycles. The van der Waals surface area contributed by atoms with Gasteiger partial charge >= 0.3 is 0 Å². The van der Waals surface area contributed by atoms with E-state index in [0.717, 1.165) is 6.07 Å². The van der Waals surface area contributed by atoms with Crippen LogP contribution in [0.3, 0.4) is 0 Å². The zero-order valence-electron chi connectivity index (χ0n) is 10.0. The molecule has 0 saturated carbocycles. The van der Waals surface area contributed by atoms with Crippen LogP contribution >= 0.6 is 15.9 Å². The second-order valence-corrected chi connectivity index (χ2v) is 4.96. The Labute approximate surface area is 117 Å². The third-order valence-electron chi connectivity index (χ3n) is 2.55. The summed E-state index contributed by atoms with van der Waals surface area (Å²) in [6.45, 7) is 1.53. The highest BCUT2D eigenvalue weighted by atomic mass is 79.9. The zero-order chi connectivity index (χ0) is 14.0. The van der Waals surface area contributed by atoms with Crippen LogP contribution in [0, 0.1) is 11.6 Å². The smallest absolute Gasteiger partial charge is 0.166 e. The van der Waals surface area contributed by atoms with Crippen molar-refractivity contribution in [1.82, 2.24) is 0 Å². The van der Waals surface area contributed by atoms with Crippen molar-refractivity contribution in [2.75, 3.05) is 0 Å². The Bertz CT molecular complexity index is 600. The molecule has 0 amide bonds. The SMILES string of the molecule is C[C@H](O)c1ccc(Oc2cc(Br)ccc2F)c(F)c1. The second-order valence-electron chi connectivity index (χ2n) is 4.04. The van der Waals surface area contributed by atoms with E-state index in [9.17, 15) is 13.9 Å². The summed E-state index contributed by atoms with van der Waals surface area (Å²) in [5.41, 5.74) is 0.430. The highest BCUT2D eigenvalue weighted by Crippen LogP contribution is 2.30. The van der Waals surface area contributed by atoms with Gasteiger partial charge in [0, 0.05) is 4.47 Å². The number of hydrogen-bond acceptors (Lipinski definition) is 2. The Hall–Kier alpha value is -1.46. The standard InChI is InChI=1S/C14H11BrF2O2/c1-8(18)9-2-5-13(12(17)6-9)19-14-7-10(15)3-4-11(14)16/h2-8,18H,1H3/t8-/m0/s1. The number of hydrogen-bond donors (Lipinski definition) is 1. The molecule has 0 aliphatic carbocycles. The van der Waals surface area contributed by atoms with Crippen molar-refractivity contribution in [3.05, 3.63) is 58.1 Å². The van der Waals surface area contributed by atoms with E-state index < -0.39 is 17.7 Å². The number of halogens is 3. The van der Waals surface area contributed by atoms with Gasteiger partial charge in [0.1, 0.15) is 0 Å². The van der Waals surface area contributed by atoms with Gasteiger partial charge in [-0.25, -0.2) is 8.78 Å². The molecular formula is C14H11BrF2O2. The van der Waals surface area contributed by atoms with Crippen molar-refractivity contribution in [2.45, 2.75) is 13.0 Å². The minimum absolute atomic E-state index is 0.0712. The van der Waals surface area contributed by atoms with Gasteiger partial charge in [-0.05, 0) is 42.8 Å². The lowest BCUT2D eigenvalue weighted by Crippen LogP contribution is -1.95. The molecule has 5 heteroatoms. The molecule has 1 atom stereocenters. The Morgan fingerprint density at radius 1 is 1.05 bits per heavy atom. The topological polar surface area (TPSA) is 29.5 Å². The van der Waals surface area contributed by atoms with E-state index >= 15 is 0 Å². The van der Waals surface area contributed by atoms with Crippen molar-refractivity contribution in [3.63, 3.8) is 0 Å². The lowest BCUT2D eigenvalue weighted by atomic mass is 10.1. The Morgan fingerprint density at radius 3 is 2.42 bits per heavy atom. The van der Waals surface area contributed by atoms with Gasteiger partial charge in [-0.2, -0.15) is 0 Å². The molecular weight excluding hydrogens is 318 g/mol. The molecule has 2 nitrogen and oxygen atoms in total. The molecule has 100 valence electrons. The van der Waals surface area contributed by atoms with Gasteiger partial charge in [0.25, 0.3) is 0 Å². The van der Waals surface area contributed by atoms with Gasteiger partial charge in [-0.15, -0.1) is 0 Å². The Morgan fingerprint density at radius 2 is 1.79 bits per heavy atom. The third kappa shape index (κ3) is 3.30. The molecule has 2 aromatic carbocycles. The number of ether oxygens (including phenoxy) is 1. The maximum Gasteiger partial charge on any atom is 0.166 e. The number of aliphatic hydroxyl groups is 1. The number of rotatable bonds is 3. The predicted octanol–water partition coefficient (Wildman–Crippen LogP) is 4.57. The molecule has 19 heavy (non-hydrogen) atoms. The van der Waals surface area contributed by atoms with Crippen LogP contribution in [0.25, 0.3) is 0 Å². The monoisotopic (exact) mass is 328 g/mol. The normalized spacial score (nSPS) is 12.3. The molecule has 2 rings (SSSR count). The van der Waals surface area contributed by atoms with Crippen LogP contribution in [0.15, 0.2) is 40.9 Å². The maximum absolute atomic E-state index is 13.8. The largest absolute Gasteiger partial charge is 0.451 e. The first kappa shape index (κ1) is 14.0. The van der Waals surface area contributed by atoms with E-state index in [-0.39, 0.29) is 11.5 Å². The molecule has 0 aliphatic rings. The van der Waals surface area contributed by atoms with E-state index in [0.29, 0.717) is 10.0 Å². The maximum atomic E-state index is 13.8. The summed E-state index contributed by atoms with van der Waals surface area (Å²) in [6, 6.07) is 8.21. The lowest BCUT2D eigenvalue weighted by Gasteiger charge is -2.10. The van der Waals surface area contributed by atoms with Crippen LogP contribution in [-0.2, 0) is 0 Å². The second kappa shape index (κ2) is 5.67. The van der Waals surface area contributed by atoms with Crippen molar-refractivity contribution in [2.24, 2.45) is 0 Å². The number of aliphatic hydroxyl groups excluding tert-OH is 1. The van der Waals surface area contributed by atoms with Crippen LogP contribution in [0.1, 0.15) is 18.6 Å². The summed E-state index contributed by atoms with van der Waals surface area (Å²) in [6.07, 6.45) is -0.772. The van der Waals surface area contributed by atoms with Gasteiger partial charge in [0.15, 0.2) is 23.1 Å². The molecule has 1 N–H and O–H groups in total. The number of benzene rings is 2. The first-order valence-electron chi connectivity index (χ1n) is 5.58. The lowest BCUT2D eigenvalue weighted by molar-refractivity contribution is 0.198. The van der Waals surface area contributed by atoms with Crippen molar-refractivity contribution < 1.29 is 18.6 Å². The van der Waals surface area contributed by atoms with E-state index in [2.05, 4.69) is 15.9 Å². The fraction of sp³-hybridized carbons (Fsp3) is 0.143. The van der Waals surface area contributed by atoms with Gasteiger partial charge in [0.05, 0.1) is 6.10 Å². The van der Waals surface area contributed by atoms with Crippen LogP contribution in [0.4, 0.5) is 8.78 Å². The first-order valence-corrected chi connectivity index (χ1v) is 6.37. The van der Waals surface area contributed by atoms with Gasteiger partial charge in [-0.3, -0.25) is 0 Å². The molecule has 0 fully saturated rings. The quantitative estimate of drug-likeness (QED) is 0.894. The molecule has 0 saturated heterocycles. The summed E-state index contributed by atoms with van der Waals surface area (Å²) in [7, 11) is 0. The Balaban J connectivity index is 2.31. The van der Waals surface area contributed by atoms with Crippen LogP contribution in [-0.4, -0.2) is 5.11 Å².